The number of fused-ring (bicyclic) bond motifs is 1. The number of anilines is 1. The van der Waals surface area contributed by atoms with E-state index in [1.165, 1.54) is 10.9 Å². The van der Waals surface area contributed by atoms with Crippen molar-refractivity contribution in [1.29, 1.82) is 0 Å². The van der Waals surface area contributed by atoms with E-state index in [-0.39, 0.29) is 0 Å². The summed E-state index contributed by atoms with van der Waals surface area (Å²) >= 11 is 0. The molecule has 0 bridgehead atoms. The molecule has 1 aromatic heterocycles. The molecule has 0 aliphatic carbocycles. The fraction of sp³-hybridized carbons (Fsp3) is 0.211. The Morgan fingerprint density at radius 1 is 1.00 bits per heavy atom. The lowest BCUT2D eigenvalue weighted by atomic mass is 10.0. The molecule has 0 amide bonds. The Hall–Kier alpha value is -2.35. The SMILES string of the molecule is CCCC(Nc1cnc2ccccc2c1)c1ccccc1. The summed E-state index contributed by atoms with van der Waals surface area (Å²) in [6.07, 6.45) is 4.18. The third-order valence-electron chi connectivity index (χ3n) is 3.71. The predicted octanol–water partition coefficient (Wildman–Crippen LogP) is 5.19. The van der Waals surface area contributed by atoms with Crippen molar-refractivity contribution in [2.24, 2.45) is 0 Å². The molecule has 0 saturated carbocycles. The zero-order chi connectivity index (χ0) is 14.5. The Balaban J connectivity index is 1.87. The highest BCUT2D eigenvalue weighted by atomic mass is 14.9. The normalized spacial score (nSPS) is 12.2. The van der Waals surface area contributed by atoms with Crippen LogP contribution in [0.1, 0.15) is 31.4 Å². The molecule has 106 valence electrons. The largest absolute Gasteiger partial charge is 0.377 e. The molecule has 2 heteroatoms. The maximum atomic E-state index is 4.53. The third-order valence-corrected chi connectivity index (χ3v) is 3.71. The fourth-order valence-electron chi connectivity index (χ4n) is 2.65. The van der Waals surface area contributed by atoms with Crippen molar-refractivity contribution in [2.75, 3.05) is 5.32 Å². The van der Waals surface area contributed by atoms with Gasteiger partial charge in [-0.25, -0.2) is 0 Å². The first-order chi connectivity index (χ1) is 10.4. The standard InChI is InChI=1S/C19H20N2/c1-2-8-19(15-9-4-3-5-10-15)21-17-13-16-11-6-7-12-18(16)20-14-17/h3-7,9-14,19,21H,2,8H2,1H3. The van der Waals surface area contributed by atoms with E-state index in [2.05, 4.69) is 65.8 Å². The van der Waals surface area contributed by atoms with Crippen LogP contribution in [0, 0.1) is 0 Å². The van der Waals surface area contributed by atoms with Crippen LogP contribution < -0.4 is 5.32 Å². The van der Waals surface area contributed by atoms with Gasteiger partial charge in [-0.1, -0.05) is 61.9 Å². The van der Waals surface area contributed by atoms with Crippen molar-refractivity contribution >= 4 is 16.6 Å². The molecule has 3 rings (SSSR count). The minimum atomic E-state index is 0.333. The van der Waals surface area contributed by atoms with Crippen LogP contribution in [0.3, 0.4) is 0 Å². The molecule has 2 nitrogen and oxygen atoms in total. The Labute approximate surface area is 125 Å². The number of aromatic nitrogens is 1. The topological polar surface area (TPSA) is 24.9 Å². The zero-order valence-corrected chi connectivity index (χ0v) is 12.3. The summed E-state index contributed by atoms with van der Waals surface area (Å²) in [6.45, 7) is 2.22. The molecule has 0 aliphatic heterocycles. The second-order valence-corrected chi connectivity index (χ2v) is 5.31. The van der Waals surface area contributed by atoms with E-state index in [4.69, 9.17) is 0 Å². The summed E-state index contributed by atoms with van der Waals surface area (Å²) in [6, 6.07) is 21.3. The summed E-state index contributed by atoms with van der Waals surface area (Å²) < 4.78 is 0. The number of benzene rings is 2. The van der Waals surface area contributed by atoms with E-state index in [0.717, 1.165) is 24.0 Å². The van der Waals surface area contributed by atoms with Crippen LogP contribution in [0.4, 0.5) is 5.69 Å². The third kappa shape index (κ3) is 3.22. The van der Waals surface area contributed by atoms with Gasteiger partial charge in [0.25, 0.3) is 0 Å². The van der Waals surface area contributed by atoms with Crippen molar-refractivity contribution in [2.45, 2.75) is 25.8 Å². The first kappa shape index (κ1) is 13.6. The van der Waals surface area contributed by atoms with Crippen molar-refractivity contribution < 1.29 is 0 Å². The van der Waals surface area contributed by atoms with Crippen molar-refractivity contribution in [3.63, 3.8) is 0 Å². The summed E-state index contributed by atoms with van der Waals surface area (Å²) in [5, 5.41) is 4.80. The van der Waals surface area contributed by atoms with Crippen LogP contribution >= 0.6 is 0 Å². The van der Waals surface area contributed by atoms with Crippen LogP contribution in [0.2, 0.25) is 0 Å². The van der Waals surface area contributed by atoms with Crippen LogP contribution in [0.25, 0.3) is 10.9 Å². The van der Waals surface area contributed by atoms with Crippen molar-refractivity contribution in [3.8, 4) is 0 Å². The van der Waals surface area contributed by atoms with Gasteiger partial charge in [-0.2, -0.15) is 0 Å². The van der Waals surface area contributed by atoms with Gasteiger partial charge < -0.3 is 5.32 Å². The molecular formula is C19H20N2. The van der Waals surface area contributed by atoms with Crippen LogP contribution in [-0.4, -0.2) is 4.98 Å². The summed E-state index contributed by atoms with van der Waals surface area (Å²) in [4.78, 5) is 4.53. The van der Waals surface area contributed by atoms with Gasteiger partial charge in [-0.05, 0) is 24.1 Å². The number of para-hydroxylation sites is 1. The van der Waals surface area contributed by atoms with E-state index >= 15 is 0 Å². The van der Waals surface area contributed by atoms with Gasteiger partial charge in [0.05, 0.1) is 23.4 Å². The lowest BCUT2D eigenvalue weighted by Crippen LogP contribution is -2.10. The van der Waals surface area contributed by atoms with Crippen LogP contribution in [0.5, 0.6) is 0 Å². The Morgan fingerprint density at radius 3 is 2.57 bits per heavy atom. The first-order valence-corrected chi connectivity index (χ1v) is 7.53. The average molecular weight is 276 g/mol. The molecule has 0 spiro atoms. The molecule has 0 aliphatic rings. The molecule has 0 fully saturated rings. The predicted molar refractivity (Wildman–Crippen MR) is 89.5 cm³/mol. The molecule has 2 aromatic carbocycles. The van der Waals surface area contributed by atoms with Gasteiger partial charge in [-0.3, -0.25) is 4.98 Å². The number of nitrogens with one attached hydrogen (secondary N) is 1. The molecule has 1 heterocycles. The quantitative estimate of drug-likeness (QED) is 0.693. The summed E-state index contributed by atoms with van der Waals surface area (Å²) in [5.41, 5.74) is 3.44. The Kier molecular flexibility index (Phi) is 4.15. The monoisotopic (exact) mass is 276 g/mol. The van der Waals surface area contributed by atoms with Gasteiger partial charge in [-0.15, -0.1) is 0 Å². The van der Waals surface area contributed by atoms with E-state index in [9.17, 15) is 0 Å². The highest BCUT2D eigenvalue weighted by Gasteiger charge is 2.10. The summed E-state index contributed by atoms with van der Waals surface area (Å²) in [7, 11) is 0. The smallest absolute Gasteiger partial charge is 0.0703 e. The van der Waals surface area contributed by atoms with Gasteiger partial charge in [0.15, 0.2) is 0 Å². The number of hydrogen-bond donors (Lipinski definition) is 1. The number of hydrogen-bond acceptors (Lipinski definition) is 2. The van der Waals surface area contributed by atoms with Crippen molar-refractivity contribution in [3.05, 3.63) is 72.4 Å². The average Bonchev–Trinajstić information content (AvgIpc) is 2.55. The number of nitrogens with zero attached hydrogens (tertiary/aromatic N) is 1. The summed E-state index contributed by atoms with van der Waals surface area (Å²) in [5.74, 6) is 0. The minimum absolute atomic E-state index is 0.333. The van der Waals surface area contributed by atoms with E-state index in [1.54, 1.807) is 0 Å². The van der Waals surface area contributed by atoms with E-state index < -0.39 is 0 Å². The van der Waals surface area contributed by atoms with Crippen molar-refractivity contribution in [1.82, 2.24) is 4.98 Å². The molecule has 3 aromatic rings. The van der Waals surface area contributed by atoms with Gasteiger partial charge >= 0.3 is 0 Å². The van der Waals surface area contributed by atoms with E-state index in [0.29, 0.717) is 6.04 Å². The first-order valence-electron chi connectivity index (χ1n) is 7.53. The maximum absolute atomic E-state index is 4.53. The molecule has 21 heavy (non-hydrogen) atoms. The highest BCUT2D eigenvalue weighted by Crippen LogP contribution is 2.25. The van der Waals surface area contributed by atoms with Gasteiger partial charge in [0.2, 0.25) is 0 Å². The van der Waals surface area contributed by atoms with Crippen LogP contribution in [-0.2, 0) is 0 Å². The zero-order valence-electron chi connectivity index (χ0n) is 12.3. The fourth-order valence-corrected chi connectivity index (χ4v) is 2.65. The molecular weight excluding hydrogens is 256 g/mol. The molecule has 1 unspecified atom stereocenters. The second kappa shape index (κ2) is 6.40. The minimum Gasteiger partial charge on any atom is -0.377 e. The maximum Gasteiger partial charge on any atom is 0.0703 e. The molecule has 1 atom stereocenters. The molecule has 0 saturated heterocycles. The molecule has 1 N–H and O–H groups in total. The second-order valence-electron chi connectivity index (χ2n) is 5.31. The number of pyridine rings is 1. The lowest BCUT2D eigenvalue weighted by molar-refractivity contribution is 0.677. The number of rotatable bonds is 5. The van der Waals surface area contributed by atoms with Crippen LogP contribution in [0.15, 0.2) is 66.9 Å². The lowest BCUT2D eigenvalue weighted by Gasteiger charge is -2.20. The van der Waals surface area contributed by atoms with Gasteiger partial charge in [0, 0.05) is 5.39 Å². The van der Waals surface area contributed by atoms with E-state index in [1.807, 2.05) is 18.3 Å². The highest BCUT2D eigenvalue weighted by molar-refractivity contribution is 5.81. The Bertz CT molecular complexity index is 707. The van der Waals surface area contributed by atoms with Gasteiger partial charge in [0.1, 0.15) is 0 Å². The Morgan fingerprint density at radius 2 is 1.76 bits per heavy atom. The molecule has 0 radical (unpaired) electrons.